The van der Waals surface area contributed by atoms with Gasteiger partial charge in [0.15, 0.2) is 6.29 Å². The molecule has 118 valence electrons. The second-order valence-corrected chi connectivity index (χ2v) is 5.05. The van der Waals surface area contributed by atoms with Crippen molar-refractivity contribution in [1.82, 2.24) is 0 Å². The maximum absolute atomic E-state index is 8.84. The Morgan fingerprint density at radius 1 is 0.955 bits per heavy atom. The first-order valence-corrected chi connectivity index (χ1v) is 7.13. The standard InChI is InChI=1S/C16H22N4O2/c17-13-6-5-12(19-8-7-16(21)22)9-11(13)10-20-15-4-2-1-3-14(15)18/h1-6,9,16,19-22H,7-8,10,17-18H2. The third kappa shape index (κ3) is 4.54. The predicted octanol–water partition coefficient (Wildman–Crippen LogP) is 1.58. The maximum Gasteiger partial charge on any atom is 0.153 e. The van der Waals surface area contributed by atoms with Crippen molar-refractivity contribution < 1.29 is 10.2 Å². The summed E-state index contributed by atoms with van der Waals surface area (Å²) in [6, 6.07) is 13.2. The van der Waals surface area contributed by atoms with Gasteiger partial charge >= 0.3 is 0 Å². The predicted molar refractivity (Wildman–Crippen MR) is 90.4 cm³/mol. The summed E-state index contributed by atoms with van der Waals surface area (Å²) in [5.74, 6) is 0. The van der Waals surface area contributed by atoms with Crippen molar-refractivity contribution in [2.45, 2.75) is 19.3 Å². The summed E-state index contributed by atoms with van der Waals surface area (Å²) in [4.78, 5) is 0. The molecule has 2 aromatic rings. The second-order valence-electron chi connectivity index (χ2n) is 5.05. The van der Waals surface area contributed by atoms with Gasteiger partial charge in [0.05, 0.1) is 11.4 Å². The number of aliphatic hydroxyl groups is 2. The summed E-state index contributed by atoms with van der Waals surface area (Å²) in [5, 5.41) is 24.1. The molecule has 2 aromatic carbocycles. The molecule has 0 amide bonds. The van der Waals surface area contributed by atoms with Crippen molar-refractivity contribution in [1.29, 1.82) is 0 Å². The van der Waals surface area contributed by atoms with E-state index < -0.39 is 6.29 Å². The first kappa shape index (κ1) is 15.9. The molecule has 0 unspecified atom stereocenters. The van der Waals surface area contributed by atoms with Gasteiger partial charge in [-0.05, 0) is 35.9 Å². The Kier molecular flexibility index (Phi) is 5.46. The Morgan fingerprint density at radius 3 is 2.45 bits per heavy atom. The summed E-state index contributed by atoms with van der Waals surface area (Å²) in [6.45, 7) is 1.03. The Bertz CT molecular complexity index is 617. The van der Waals surface area contributed by atoms with E-state index in [1.54, 1.807) is 0 Å². The van der Waals surface area contributed by atoms with Crippen LogP contribution in [0.4, 0.5) is 22.7 Å². The van der Waals surface area contributed by atoms with Gasteiger partial charge in [0.1, 0.15) is 0 Å². The molecule has 0 radical (unpaired) electrons. The number of hydrogen-bond donors (Lipinski definition) is 6. The van der Waals surface area contributed by atoms with Crippen molar-refractivity contribution in [3.8, 4) is 0 Å². The van der Waals surface area contributed by atoms with Gasteiger partial charge in [0, 0.05) is 30.9 Å². The van der Waals surface area contributed by atoms with Gasteiger partial charge in [-0.2, -0.15) is 0 Å². The average Bonchev–Trinajstić information content (AvgIpc) is 2.48. The van der Waals surface area contributed by atoms with Crippen molar-refractivity contribution in [2.24, 2.45) is 0 Å². The fourth-order valence-corrected chi connectivity index (χ4v) is 2.06. The topological polar surface area (TPSA) is 117 Å². The molecule has 6 nitrogen and oxygen atoms in total. The normalized spacial score (nSPS) is 10.7. The molecule has 0 spiro atoms. The number of rotatable bonds is 7. The molecule has 0 aliphatic heterocycles. The molecule has 8 N–H and O–H groups in total. The van der Waals surface area contributed by atoms with Crippen LogP contribution in [0.2, 0.25) is 0 Å². The van der Waals surface area contributed by atoms with E-state index in [9.17, 15) is 0 Å². The van der Waals surface area contributed by atoms with Gasteiger partial charge in [0.2, 0.25) is 0 Å². The summed E-state index contributed by atoms with van der Waals surface area (Å²) in [6.07, 6.45) is -1.04. The highest BCUT2D eigenvalue weighted by Gasteiger charge is 2.04. The quantitative estimate of drug-likeness (QED) is 0.341. The molecule has 0 fully saturated rings. The van der Waals surface area contributed by atoms with Gasteiger partial charge in [-0.1, -0.05) is 12.1 Å². The zero-order valence-electron chi connectivity index (χ0n) is 12.3. The van der Waals surface area contributed by atoms with Crippen LogP contribution in [0.3, 0.4) is 0 Å². The van der Waals surface area contributed by atoms with Crippen LogP contribution in [0, 0.1) is 0 Å². The zero-order valence-corrected chi connectivity index (χ0v) is 12.3. The van der Waals surface area contributed by atoms with E-state index in [-0.39, 0.29) is 6.42 Å². The molecular weight excluding hydrogens is 280 g/mol. The number of nitrogen functional groups attached to an aromatic ring is 2. The number of hydrogen-bond acceptors (Lipinski definition) is 6. The second kappa shape index (κ2) is 7.53. The number of nitrogens with two attached hydrogens (primary N) is 2. The van der Waals surface area contributed by atoms with Crippen LogP contribution < -0.4 is 22.1 Å². The summed E-state index contributed by atoms with van der Waals surface area (Å²) in [7, 11) is 0. The third-order valence-electron chi connectivity index (χ3n) is 3.30. The first-order chi connectivity index (χ1) is 10.6. The number of nitrogens with one attached hydrogen (secondary N) is 2. The molecule has 0 saturated carbocycles. The molecule has 0 atom stereocenters. The van der Waals surface area contributed by atoms with Gasteiger partial charge in [0.25, 0.3) is 0 Å². The largest absolute Gasteiger partial charge is 0.398 e. The lowest BCUT2D eigenvalue weighted by molar-refractivity contribution is -0.0423. The van der Waals surface area contributed by atoms with Crippen LogP contribution in [-0.2, 0) is 6.54 Å². The maximum atomic E-state index is 8.84. The van der Waals surface area contributed by atoms with Crippen molar-refractivity contribution in [2.75, 3.05) is 28.6 Å². The van der Waals surface area contributed by atoms with Crippen LogP contribution in [0.25, 0.3) is 0 Å². The Morgan fingerprint density at radius 2 is 1.73 bits per heavy atom. The molecular formula is C16H22N4O2. The van der Waals surface area contributed by atoms with Crippen LogP contribution in [-0.4, -0.2) is 23.0 Å². The van der Waals surface area contributed by atoms with Crippen molar-refractivity contribution >= 4 is 22.7 Å². The van der Waals surface area contributed by atoms with Crippen LogP contribution in [0.15, 0.2) is 42.5 Å². The SMILES string of the molecule is Nc1ccc(NCCC(O)O)cc1CNc1ccccc1N. The molecule has 0 heterocycles. The molecule has 22 heavy (non-hydrogen) atoms. The lowest BCUT2D eigenvalue weighted by atomic mass is 10.1. The zero-order chi connectivity index (χ0) is 15.9. The van der Waals surface area contributed by atoms with E-state index in [1.165, 1.54) is 0 Å². The minimum Gasteiger partial charge on any atom is -0.398 e. The highest BCUT2D eigenvalue weighted by molar-refractivity contribution is 5.66. The third-order valence-corrected chi connectivity index (χ3v) is 3.30. The fraction of sp³-hybridized carbons (Fsp3) is 0.250. The van der Waals surface area contributed by atoms with E-state index >= 15 is 0 Å². The molecule has 6 heteroatoms. The Labute approximate surface area is 129 Å². The smallest absolute Gasteiger partial charge is 0.153 e. The lowest BCUT2D eigenvalue weighted by Crippen LogP contribution is -2.12. The van der Waals surface area contributed by atoms with Gasteiger partial charge < -0.3 is 32.3 Å². The van der Waals surface area contributed by atoms with E-state index in [2.05, 4.69) is 10.6 Å². The molecule has 0 bridgehead atoms. The highest BCUT2D eigenvalue weighted by atomic mass is 16.5. The van der Waals surface area contributed by atoms with Gasteiger partial charge in [-0.15, -0.1) is 0 Å². The number of para-hydroxylation sites is 2. The van der Waals surface area contributed by atoms with E-state index in [0.29, 0.717) is 24.5 Å². The van der Waals surface area contributed by atoms with Gasteiger partial charge in [-0.25, -0.2) is 0 Å². The molecule has 0 aliphatic rings. The summed E-state index contributed by atoms with van der Waals surface area (Å²) >= 11 is 0. The van der Waals surface area contributed by atoms with Crippen LogP contribution >= 0.6 is 0 Å². The fourth-order valence-electron chi connectivity index (χ4n) is 2.06. The number of anilines is 4. The molecule has 0 aromatic heterocycles. The van der Waals surface area contributed by atoms with Crippen molar-refractivity contribution in [3.05, 3.63) is 48.0 Å². The molecule has 0 saturated heterocycles. The number of aliphatic hydroxyl groups excluding tert-OH is 1. The average molecular weight is 302 g/mol. The first-order valence-electron chi connectivity index (χ1n) is 7.13. The van der Waals surface area contributed by atoms with E-state index in [4.69, 9.17) is 21.7 Å². The number of benzene rings is 2. The van der Waals surface area contributed by atoms with Crippen LogP contribution in [0.1, 0.15) is 12.0 Å². The minimum absolute atomic E-state index is 0.262. The molecule has 2 rings (SSSR count). The lowest BCUT2D eigenvalue weighted by Gasteiger charge is -2.13. The van der Waals surface area contributed by atoms with Crippen LogP contribution in [0.5, 0.6) is 0 Å². The minimum atomic E-state index is -1.30. The van der Waals surface area contributed by atoms with E-state index in [0.717, 1.165) is 16.9 Å². The highest BCUT2D eigenvalue weighted by Crippen LogP contribution is 2.22. The molecule has 0 aliphatic carbocycles. The monoisotopic (exact) mass is 302 g/mol. The van der Waals surface area contributed by atoms with E-state index in [1.807, 2.05) is 42.5 Å². The summed E-state index contributed by atoms with van der Waals surface area (Å²) in [5.41, 5.74) is 15.9. The van der Waals surface area contributed by atoms with Gasteiger partial charge in [-0.3, -0.25) is 0 Å². The Hall–Kier alpha value is -2.44. The summed E-state index contributed by atoms with van der Waals surface area (Å²) < 4.78 is 0. The Balaban J connectivity index is 1.99. The van der Waals surface area contributed by atoms with Crippen molar-refractivity contribution in [3.63, 3.8) is 0 Å².